The number of H-pyrrole nitrogens is 1. The maximum absolute atomic E-state index is 13.2. The summed E-state index contributed by atoms with van der Waals surface area (Å²) in [5.41, 5.74) is 15.8. The molecule has 6 aromatic rings. The minimum atomic E-state index is -1.21. The number of nitrogen functional groups attached to an aromatic ring is 1. The SMILES string of the molecule is C#C.CCC.CC[C@@H]1CCN(C(=O)CNC(=O)OC)[C@]1(N)c1ncc(-c2ccc(-c3ccc4ccccc4c3)cc2)n1N.COC(C(=O)N(Cc1ncc(C)[nH]1)CC1(C)CC1)c1ccccc1.NC=O. The van der Waals surface area contributed by atoms with E-state index in [1.54, 1.807) is 24.4 Å². The van der Waals surface area contributed by atoms with Crippen LogP contribution in [0.15, 0.2) is 109 Å². The molecule has 3 heterocycles. The Morgan fingerprint density at radius 2 is 1.51 bits per heavy atom. The Labute approximate surface area is 412 Å². The van der Waals surface area contributed by atoms with Crippen molar-refractivity contribution in [2.75, 3.05) is 39.7 Å². The van der Waals surface area contributed by atoms with Crippen LogP contribution in [0.5, 0.6) is 0 Å². The number of likely N-dealkylation sites (tertiary alicyclic amines) is 1. The van der Waals surface area contributed by atoms with Crippen molar-refractivity contribution in [3.63, 3.8) is 0 Å². The quantitative estimate of drug-likeness (QED) is 0.0428. The molecular weight excluding hydrogens is 885 g/mol. The Morgan fingerprint density at radius 3 is 2.09 bits per heavy atom. The van der Waals surface area contributed by atoms with Gasteiger partial charge in [-0.2, -0.15) is 0 Å². The molecule has 4 amide bonds. The summed E-state index contributed by atoms with van der Waals surface area (Å²) in [6.07, 6.45) is 15.5. The molecule has 2 aromatic heterocycles. The number of terminal acetylenes is 1. The van der Waals surface area contributed by atoms with Crippen molar-refractivity contribution < 1.29 is 28.7 Å². The third-order valence-corrected chi connectivity index (χ3v) is 12.2. The number of carbonyl (C=O) groups excluding carboxylic acids is 4. The molecule has 1 saturated carbocycles. The van der Waals surface area contributed by atoms with E-state index in [1.165, 1.54) is 29.0 Å². The fraction of sp³-hybridized carbons (Fsp3) is 0.370. The van der Waals surface area contributed by atoms with Gasteiger partial charge in [-0.05, 0) is 71.6 Å². The van der Waals surface area contributed by atoms with E-state index < -0.39 is 17.9 Å². The molecule has 70 heavy (non-hydrogen) atoms. The monoisotopic (exact) mass is 955 g/mol. The maximum Gasteiger partial charge on any atom is 0.407 e. The van der Waals surface area contributed by atoms with E-state index in [2.05, 4.69) is 107 Å². The average Bonchev–Trinajstić information content (AvgIpc) is 3.60. The first-order valence-electron chi connectivity index (χ1n) is 23.4. The standard InChI is InChI=1S/C29H32N6O3.C19H25N3O2.C3H8.C2H2.CH3NO/c1-3-24-14-15-34(26(36)18-33-28(37)38-2)29(24,30)27-32-17-25(35(27)31)21-11-8-20(9-12-21)23-13-10-19-6-4-5-7-22(19)16-23;1-14-11-20-16(21-14)12-22(13-19(2)9-10-19)18(23)17(24-3)15-7-5-4-6-8-15;1-3-2;1-2;2-1-3/h4-13,16-17,24H,3,14-15,18,30-31H2,1-2H3,(H,33,37);4-8,11,17H,9-10,12-13H2,1-3H3,(H,20,21);3H2,1-2H3;1-2H;1H,(H2,2,3)/t24-,29+;;;;/m1..../s1. The summed E-state index contributed by atoms with van der Waals surface area (Å²) in [6.45, 7) is 11.9. The predicted molar refractivity (Wildman–Crippen MR) is 276 cm³/mol. The number of nitrogens with zero attached hydrogens (tertiary/aromatic N) is 5. The van der Waals surface area contributed by atoms with E-state index in [0.29, 0.717) is 31.0 Å². The number of carbonyl (C=O) groups is 4. The molecule has 1 saturated heterocycles. The Bertz CT molecular complexity index is 2620. The normalized spacial score (nSPS) is 16.5. The van der Waals surface area contributed by atoms with Gasteiger partial charge in [-0.25, -0.2) is 19.4 Å². The van der Waals surface area contributed by atoms with Crippen molar-refractivity contribution >= 4 is 35.1 Å². The fourth-order valence-electron chi connectivity index (χ4n) is 8.39. The molecule has 4 aromatic carbocycles. The highest BCUT2D eigenvalue weighted by Gasteiger charge is 2.51. The number of amides is 4. The highest BCUT2D eigenvalue weighted by molar-refractivity contribution is 5.88. The first-order valence-corrected chi connectivity index (χ1v) is 23.4. The largest absolute Gasteiger partial charge is 0.453 e. The molecule has 372 valence electrons. The molecule has 2 fully saturated rings. The van der Waals surface area contributed by atoms with E-state index in [9.17, 15) is 14.4 Å². The smallest absolute Gasteiger partial charge is 0.407 e. The molecule has 16 nitrogen and oxygen atoms in total. The van der Waals surface area contributed by atoms with Gasteiger partial charge in [0.1, 0.15) is 12.4 Å². The maximum atomic E-state index is 13.2. The number of nitrogens with one attached hydrogen (secondary N) is 2. The van der Waals surface area contributed by atoms with Gasteiger partial charge in [0.25, 0.3) is 5.91 Å². The Balaban J connectivity index is 0.000000285. The van der Waals surface area contributed by atoms with E-state index in [4.69, 9.17) is 21.1 Å². The van der Waals surface area contributed by atoms with Gasteiger partial charge < -0.3 is 46.9 Å². The van der Waals surface area contributed by atoms with Crippen molar-refractivity contribution in [1.29, 1.82) is 0 Å². The lowest BCUT2D eigenvalue weighted by molar-refractivity contribution is -0.144. The zero-order valence-corrected chi connectivity index (χ0v) is 41.6. The van der Waals surface area contributed by atoms with Gasteiger partial charge in [0.05, 0.1) is 25.5 Å². The summed E-state index contributed by atoms with van der Waals surface area (Å²) in [5.74, 6) is 7.43. The van der Waals surface area contributed by atoms with Crippen LogP contribution in [-0.4, -0.2) is 87.6 Å². The van der Waals surface area contributed by atoms with E-state index in [0.717, 1.165) is 59.6 Å². The summed E-state index contributed by atoms with van der Waals surface area (Å²) < 4.78 is 11.6. The first-order chi connectivity index (χ1) is 33.7. The van der Waals surface area contributed by atoms with Gasteiger partial charge in [-0.1, -0.05) is 125 Å². The number of aryl methyl sites for hydroxylation is 1. The minimum absolute atomic E-state index is 0.00845. The Kier molecular flexibility index (Phi) is 20.7. The molecule has 2 aliphatic rings. The van der Waals surface area contributed by atoms with Crippen LogP contribution in [0, 0.1) is 31.1 Å². The number of hydrogen-bond acceptors (Lipinski definition) is 10. The molecular formula is C54H70N10O6. The van der Waals surface area contributed by atoms with Gasteiger partial charge >= 0.3 is 6.09 Å². The van der Waals surface area contributed by atoms with Crippen molar-refractivity contribution in [3.05, 3.63) is 132 Å². The van der Waals surface area contributed by atoms with Crippen molar-refractivity contribution in [1.82, 2.24) is 34.7 Å². The average molecular weight is 955 g/mol. The number of primary amides is 1. The number of nitrogens with two attached hydrogens (primary N) is 3. The third-order valence-electron chi connectivity index (χ3n) is 12.2. The Morgan fingerprint density at radius 1 is 0.914 bits per heavy atom. The number of hydrogen-bond donors (Lipinski definition) is 5. The second-order valence-electron chi connectivity index (χ2n) is 17.5. The molecule has 1 unspecified atom stereocenters. The zero-order chi connectivity index (χ0) is 51.4. The van der Waals surface area contributed by atoms with Crippen LogP contribution in [0.4, 0.5) is 4.79 Å². The number of ether oxygens (including phenoxy) is 2. The van der Waals surface area contributed by atoms with Crippen LogP contribution in [0.3, 0.4) is 0 Å². The third kappa shape index (κ3) is 13.8. The van der Waals surface area contributed by atoms with Crippen LogP contribution < -0.4 is 22.6 Å². The highest BCUT2D eigenvalue weighted by atomic mass is 16.5. The van der Waals surface area contributed by atoms with Crippen molar-refractivity contribution in [2.45, 2.75) is 85.0 Å². The molecule has 1 aliphatic heterocycles. The topological polar surface area (TPSA) is 230 Å². The second kappa shape index (κ2) is 26.3. The van der Waals surface area contributed by atoms with Gasteiger partial charge in [-0.3, -0.25) is 14.4 Å². The summed E-state index contributed by atoms with van der Waals surface area (Å²) in [6, 6.07) is 32.5. The molecule has 8 rings (SSSR count). The summed E-state index contributed by atoms with van der Waals surface area (Å²) in [5, 5.41) is 4.83. The molecule has 3 atom stereocenters. The van der Waals surface area contributed by atoms with Crippen LogP contribution in [-0.2, 0) is 36.1 Å². The molecule has 0 spiro atoms. The first kappa shape index (κ1) is 55.1. The Hall–Kier alpha value is -7.48. The van der Waals surface area contributed by atoms with Crippen molar-refractivity contribution in [3.8, 4) is 35.2 Å². The van der Waals surface area contributed by atoms with Gasteiger partial charge in [0.15, 0.2) is 17.6 Å². The number of aromatic amines is 1. The lowest BCUT2D eigenvalue weighted by atomic mass is 9.90. The van der Waals surface area contributed by atoms with Gasteiger partial charge in [0, 0.05) is 43.6 Å². The molecule has 0 bridgehead atoms. The zero-order valence-electron chi connectivity index (χ0n) is 41.6. The van der Waals surface area contributed by atoms with Crippen LogP contribution >= 0.6 is 0 Å². The minimum Gasteiger partial charge on any atom is -0.453 e. The van der Waals surface area contributed by atoms with Gasteiger partial charge in [0.2, 0.25) is 12.3 Å². The number of imidazole rings is 2. The van der Waals surface area contributed by atoms with E-state index in [-0.39, 0.29) is 36.1 Å². The molecule has 1 aliphatic carbocycles. The summed E-state index contributed by atoms with van der Waals surface area (Å²) in [7, 11) is 2.83. The number of aromatic nitrogens is 4. The molecule has 16 heteroatoms. The summed E-state index contributed by atoms with van der Waals surface area (Å²) >= 11 is 0. The fourth-order valence-corrected chi connectivity index (χ4v) is 8.39. The van der Waals surface area contributed by atoms with Crippen LogP contribution in [0.1, 0.15) is 88.8 Å². The lowest BCUT2D eigenvalue weighted by Gasteiger charge is -2.38. The van der Waals surface area contributed by atoms with Crippen molar-refractivity contribution in [2.24, 2.45) is 22.8 Å². The van der Waals surface area contributed by atoms with Gasteiger partial charge in [-0.15, -0.1) is 12.8 Å². The number of benzene rings is 4. The van der Waals surface area contributed by atoms with Crippen LogP contribution in [0.2, 0.25) is 0 Å². The van der Waals surface area contributed by atoms with E-state index in [1.807, 2.05) is 73.3 Å². The predicted octanol–water partition coefficient (Wildman–Crippen LogP) is 7.81. The second-order valence-corrected chi connectivity index (χ2v) is 17.5. The van der Waals surface area contributed by atoms with Crippen LogP contribution in [0.25, 0.3) is 33.2 Å². The molecule has 8 N–H and O–H groups in total. The number of fused-ring (bicyclic) bond motifs is 1. The lowest BCUT2D eigenvalue weighted by Crippen LogP contribution is -2.58. The number of alkyl carbamates (subject to hydrolysis) is 1. The highest BCUT2D eigenvalue weighted by Crippen LogP contribution is 2.46. The molecule has 0 radical (unpaired) electrons. The number of methoxy groups -OCH3 is 2. The van der Waals surface area contributed by atoms with E-state index >= 15 is 0 Å². The summed E-state index contributed by atoms with van der Waals surface area (Å²) in [4.78, 5) is 61.9. The number of rotatable bonds is 13.